The molecule has 0 N–H and O–H groups in total. The zero-order chi connectivity index (χ0) is 48.4. The van der Waals surface area contributed by atoms with E-state index in [2.05, 4.69) is 260 Å². The minimum Gasteiger partial charge on any atom is -0.310 e. The molecule has 10 aromatic carbocycles. The molecule has 15 rings (SSSR count). The van der Waals surface area contributed by atoms with Crippen LogP contribution in [-0.4, -0.2) is 0 Å². The second kappa shape index (κ2) is 16.2. The fourth-order valence-corrected chi connectivity index (χ4v) is 14.7. The van der Waals surface area contributed by atoms with Crippen LogP contribution in [0, 0.1) is 11.8 Å². The van der Waals surface area contributed by atoms with E-state index >= 15 is 0 Å². The second-order valence-electron chi connectivity index (χ2n) is 22.0. The van der Waals surface area contributed by atoms with Gasteiger partial charge in [0.1, 0.15) is 0 Å². The lowest BCUT2D eigenvalue weighted by Crippen LogP contribution is -2.26. The third-order valence-corrected chi connectivity index (χ3v) is 17.9. The monoisotopic (exact) mass is 936 g/mol. The molecule has 2 fully saturated rings. The highest BCUT2D eigenvalue weighted by Crippen LogP contribution is 2.65. The quantitative estimate of drug-likeness (QED) is 0.150. The molecule has 0 radical (unpaired) electrons. The van der Waals surface area contributed by atoms with E-state index < -0.39 is 5.41 Å². The molecule has 0 saturated heterocycles. The Morgan fingerprint density at radius 2 is 0.836 bits per heavy atom. The van der Waals surface area contributed by atoms with Crippen molar-refractivity contribution in [3.8, 4) is 44.5 Å². The average Bonchev–Trinajstić information content (AvgIpc) is 4.26. The smallest absolute Gasteiger partial charge is 0.0727 e. The van der Waals surface area contributed by atoms with E-state index in [1.54, 1.807) is 0 Å². The maximum atomic E-state index is 2.59. The molecule has 2 saturated carbocycles. The molecule has 5 aliphatic carbocycles. The van der Waals surface area contributed by atoms with E-state index in [1.807, 2.05) is 0 Å². The lowest BCUT2D eigenvalue weighted by atomic mass is 9.70. The highest BCUT2D eigenvalue weighted by molar-refractivity contribution is 6.01. The standard InChI is InChI=1S/C71H56N2/c1-70(2)63-27-15-12-25-56(63)61-42-53(37-39-64(61)70)72(50-20-8-4-9-21-50)54-36-38-58-55-24-13-16-28-65(55)71(67(58)43-54)66-29-17-14-26-57(66)62-44-60(47-18-6-3-7-19-47)69(45-68(62)71)73(51-22-10-5-11-23-51)52-34-32-48(33-35-52)59-41-46-30-31-49(59)40-46/h3-29,32-39,42-46,49,59H,30-31,40-41H2,1-2H3. The van der Waals surface area contributed by atoms with E-state index in [1.165, 1.54) is 121 Å². The topological polar surface area (TPSA) is 6.48 Å². The van der Waals surface area contributed by atoms with Crippen LogP contribution in [0.3, 0.4) is 0 Å². The third kappa shape index (κ3) is 6.23. The van der Waals surface area contributed by atoms with Crippen molar-refractivity contribution in [2.45, 2.75) is 56.3 Å². The van der Waals surface area contributed by atoms with E-state index in [-0.39, 0.29) is 5.41 Å². The van der Waals surface area contributed by atoms with Crippen molar-refractivity contribution in [2.75, 3.05) is 9.80 Å². The summed E-state index contributed by atoms with van der Waals surface area (Å²) < 4.78 is 0. The van der Waals surface area contributed by atoms with Crippen LogP contribution >= 0.6 is 0 Å². The molecule has 4 atom stereocenters. The van der Waals surface area contributed by atoms with Gasteiger partial charge in [-0.2, -0.15) is 0 Å². The number of hydrogen-bond donors (Lipinski definition) is 0. The Balaban J connectivity index is 0.970. The van der Waals surface area contributed by atoms with Crippen LogP contribution in [-0.2, 0) is 10.8 Å². The summed E-state index contributed by atoms with van der Waals surface area (Å²) in [6, 6.07) is 89.8. The summed E-state index contributed by atoms with van der Waals surface area (Å²) in [5, 5.41) is 0. The zero-order valence-corrected chi connectivity index (χ0v) is 41.5. The lowest BCUT2D eigenvalue weighted by molar-refractivity contribution is 0.420. The van der Waals surface area contributed by atoms with Crippen molar-refractivity contribution in [3.63, 3.8) is 0 Å². The van der Waals surface area contributed by atoms with Crippen LogP contribution in [0.25, 0.3) is 44.5 Å². The molecule has 0 aromatic heterocycles. The third-order valence-electron chi connectivity index (χ3n) is 17.9. The molecule has 2 nitrogen and oxygen atoms in total. The Kier molecular flexibility index (Phi) is 9.40. The summed E-state index contributed by atoms with van der Waals surface area (Å²) in [5.41, 5.74) is 26.0. The first-order valence-corrected chi connectivity index (χ1v) is 26.6. The van der Waals surface area contributed by atoms with Crippen molar-refractivity contribution < 1.29 is 0 Å². The first-order valence-electron chi connectivity index (χ1n) is 26.6. The Morgan fingerprint density at radius 1 is 0.342 bits per heavy atom. The van der Waals surface area contributed by atoms with Gasteiger partial charge < -0.3 is 9.80 Å². The van der Waals surface area contributed by atoms with Gasteiger partial charge in [0.25, 0.3) is 0 Å². The van der Waals surface area contributed by atoms with Gasteiger partial charge >= 0.3 is 0 Å². The molecule has 5 aliphatic rings. The van der Waals surface area contributed by atoms with Crippen LogP contribution < -0.4 is 9.80 Å². The van der Waals surface area contributed by atoms with Crippen LogP contribution in [0.2, 0.25) is 0 Å². The molecule has 0 heterocycles. The minimum atomic E-state index is -0.602. The van der Waals surface area contributed by atoms with E-state index in [0.29, 0.717) is 5.92 Å². The van der Waals surface area contributed by atoms with Gasteiger partial charge in [-0.25, -0.2) is 0 Å². The molecule has 4 unspecified atom stereocenters. The van der Waals surface area contributed by atoms with Crippen LogP contribution in [0.4, 0.5) is 34.1 Å². The molecule has 350 valence electrons. The molecule has 1 spiro atoms. The number of fused-ring (bicyclic) bond motifs is 15. The fourth-order valence-electron chi connectivity index (χ4n) is 14.7. The summed E-state index contributed by atoms with van der Waals surface area (Å²) in [7, 11) is 0. The summed E-state index contributed by atoms with van der Waals surface area (Å²) in [4.78, 5) is 5.01. The van der Waals surface area contributed by atoms with Crippen molar-refractivity contribution in [2.24, 2.45) is 11.8 Å². The van der Waals surface area contributed by atoms with Gasteiger partial charge in [0.15, 0.2) is 0 Å². The van der Waals surface area contributed by atoms with Crippen molar-refractivity contribution in [1.29, 1.82) is 0 Å². The maximum absolute atomic E-state index is 2.59. The number of para-hydroxylation sites is 2. The van der Waals surface area contributed by atoms with E-state index in [9.17, 15) is 0 Å². The minimum absolute atomic E-state index is 0.0784. The molecule has 10 aromatic rings. The Labute approximate surface area is 429 Å². The first-order chi connectivity index (χ1) is 35.9. The van der Waals surface area contributed by atoms with Gasteiger partial charge in [0.2, 0.25) is 0 Å². The zero-order valence-electron chi connectivity index (χ0n) is 41.5. The Bertz CT molecular complexity index is 3800. The predicted molar refractivity (Wildman–Crippen MR) is 303 cm³/mol. The van der Waals surface area contributed by atoms with Gasteiger partial charge in [0, 0.05) is 39.4 Å². The number of anilines is 6. The summed E-state index contributed by atoms with van der Waals surface area (Å²) in [6.07, 6.45) is 5.54. The van der Waals surface area contributed by atoms with Crippen LogP contribution in [0.1, 0.15) is 84.4 Å². The molecule has 2 heteroatoms. The highest BCUT2D eigenvalue weighted by atomic mass is 15.1. The summed E-state index contributed by atoms with van der Waals surface area (Å²) in [5.74, 6) is 2.41. The average molecular weight is 937 g/mol. The number of nitrogens with zero attached hydrogens (tertiary/aromatic N) is 2. The maximum Gasteiger partial charge on any atom is 0.0727 e. The van der Waals surface area contributed by atoms with E-state index in [4.69, 9.17) is 0 Å². The van der Waals surface area contributed by atoms with E-state index in [0.717, 1.165) is 34.6 Å². The first kappa shape index (κ1) is 42.5. The van der Waals surface area contributed by atoms with Gasteiger partial charge in [-0.1, -0.05) is 184 Å². The van der Waals surface area contributed by atoms with Crippen molar-refractivity contribution in [3.05, 3.63) is 276 Å². The van der Waals surface area contributed by atoms with Crippen LogP contribution in [0.5, 0.6) is 0 Å². The number of benzene rings is 10. The SMILES string of the molecule is CC1(C)c2ccccc2-c2cc(N(c3ccccc3)c3ccc4c(c3)C3(c5ccccc5-4)c4ccccc4-c4cc(-c5ccccc5)c(N(c5ccccc5)c5ccc(C6CC7CCC6C7)cc5)cc43)ccc21. The largest absolute Gasteiger partial charge is 0.310 e. The van der Waals surface area contributed by atoms with Crippen molar-refractivity contribution in [1.82, 2.24) is 0 Å². The van der Waals surface area contributed by atoms with Gasteiger partial charge in [0.05, 0.1) is 11.1 Å². The molecule has 0 aliphatic heterocycles. The summed E-state index contributed by atoms with van der Waals surface area (Å²) in [6.45, 7) is 4.73. The second-order valence-corrected chi connectivity index (χ2v) is 22.0. The lowest BCUT2D eigenvalue weighted by Gasteiger charge is -2.34. The predicted octanol–water partition coefficient (Wildman–Crippen LogP) is 18.8. The fraction of sp³-hybridized carbons (Fsp3) is 0.155. The number of rotatable bonds is 8. The van der Waals surface area contributed by atoms with Gasteiger partial charge in [-0.15, -0.1) is 0 Å². The molecule has 2 bridgehead atoms. The molecule has 0 amide bonds. The highest BCUT2D eigenvalue weighted by Gasteiger charge is 2.52. The van der Waals surface area contributed by atoms with Gasteiger partial charge in [-0.05, 0) is 188 Å². The van der Waals surface area contributed by atoms with Crippen molar-refractivity contribution >= 4 is 34.1 Å². The Hall–Kier alpha value is -8.20. The normalized spacial score (nSPS) is 19.7. The molecular formula is C71H56N2. The molecular weight excluding hydrogens is 881 g/mol. The number of hydrogen-bond acceptors (Lipinski definition) is 2. The molecule has 73 heavy (non-hydrogen) atoms. The Morgan fingerprint density at radius 3 is 1.49 bits per heavy atom. The summed E-state index contributed by atoms with van der Waals surface area (Å²) >= 11 is 0. The van der Waals surface area contributed by atoms with Gasteiger partial charge in [-0.3, -0.25) is 0 Å². The van der Waals surface area contributed by atoms with Crippen LogP contribution in [0.15, 0.2) is 237 Å².